The van der Waals surface area contributed by atoms with Gasteiger partial charge in [-0.15, -0.1) is 0 Å². The lowest BCUT2D eigenvalue weighted by Crippen LogP contribution is -2.37. The Morgan fingerprint density at radius 1 is 1.06 bits per heavy atom. The number of carbonyl (C=O) groups excluding carboxylic acids is 1. The first-order valence-electron chi connectivity index (χ1n) is 10.7. The molecule has 1 atom stereocenters. The average Bonchev–Trinajstić information content (AvgIpc) is 3.27. The Morgan fingerprint density at radius 3 is 2.50 bits per heavy atom. The van der Waals surface area contributed by atoms with Gasteiger partial charge in [-0.3, -0.25) is 4.79 Å². The maximum Gasteiger partial charge on any atom is 0.416 e. The van der Waals surface area contributed by atoms with E-state index in [4.69, 9.17) is 4.84 Å². The second kappa shape index (κ2) is 9.67. The molecule has 0 saturated carbocycles. The molecule has 4 nitrogen and oxygen atoms in total. The smallest absolute Gasteiger partial charge is 0.390 e. The van der Waals surface area contributed by atoms with Crippen LogP contribution in [0.15, 0.2) is 78.0 Å². The van der Waals surface area contributed by atoms with Crippen molar-refractivity contribution < 1.29 is 27.2 Å². The molecule has 0 bridgehead atoms. The van der Waals surface area contributed by atoms with E-state index in [1.165, 1.54) is 35.2 Å². The Bertz CT molecular complexity index is 1210. The van der Waals surface area contributed by atoms with Crippen molar-refractivity contribution in [3.05, 3.63) is 106 Å². The monoisotopic (exact) mass is 470 g/mol. The number of aryl methyl sites for hydroxylation is 1. The van der Waals surface area contributed by atoms with Crippen molar-refractivity contribution >= 4 is 11.6 Å². The molecule has 4 rings (SSSR count). The van der Waals surface area contributed by atoms with Crippen molar-refractivity contribution in [3.63, 3.8) is 0 Å². The van der Waals surface area contributed by atoms with E-state index in [-0.39, 0.29) is 18.7 Å². The van der Waals surface area contributed by atoms with Crippen molar-refractivity contribution in [2.24, 2.45) is 5.16 Å². The summed E-state index contributed by atoms with van der Waals surface area (Å²) in [5, 5.41) is 4.14. The molecule has 34 heavy (non-hydrogen) atoms. The van der Waals surface area contributed by atoms with Crippen molar-refractivity contribution in [3.8, 4) is 0 Å². The minimum atomic E-state index is -4.50. The van der Waals surface area contributed by atoms with Gasteiger partial charge in [0.05, 0.1) is 17.8 Å². The third-order valence-electron chi connectivity index (χ3n) is 5.53. The summed E-state index contributed by atoms with van der Waals surface area (Å²) in [6, 6.07) is 17.8. The molecular weight excluding hydrogens is 448 g/mol. The molecule has 0 fully saturated rings. The Morgan fingerprint density at radius 2 is 1.79 bits per heavy atom. The molecule has 1 aliphatic heterocycles. The first kappa shape index (κ1) is 23.5. The van der Waals surface area contributed by atoms with E-state index in [9.17, 15) is 22.4 Å². The fourth-order valence-corrected chi connectivity index (χ4v) is 3.78. The normalized spacial score (nSPS) is 15.6. The fraction of sp³-hybridized carbons (Fsp3) is 0.231. The largest absolute Gasteiger partial charge is 0.416 e. The molecule has 1 heterocycles. The van der Waals surface area contributed by atoms with Gasteiger partial charge in [0.15, 0.2) is 6.10 Å². The summed E-state index contributed by atoms with van der Waals surface area (Å²) in [6.45, 7) is 1.95. The number of benzene rings is 3. The molecule has 1 aliphatic rings. The van der Waals surface area contributed by atoms with Crippen LogP contribution >= 0.6 is 0 Å². The molecule has 1 amide bonds. The predicted octanol–water partition coefficient (Wildman–Crippen LogP) is 5.99. The van der Waals surface area contributed by atoms with Crippen molar-refractivity contribution in [1.82, 2.24) is 4.90 Å². The van der Waals surface area contributed by atoms with Crippen LogP contribution in [0.25, 0.3) is 0 Å². The lowest BCUT2D eigenvalue weighted by molar-refractivity contribution is -0.137. The van der Waals surface area contributed by atoms with Gasteiger partial charge in [0, 0.05) is 18.5 Å². The molecule has 0 spiro atoms. The number of rotatable bonds is 6. The standard InChI is InChI=1S/C26H22F4N2O2/c1-17-8-10-19(11-9-17)24-14-23(34-31-24)16-32(25(33)20-5-3-7-22(27)13-20)15-18-4-2-6-21(12-18)26(28,29)30/h2-13,23H,14-16H2,1H3. The molecule has 0 N–H and O–H groups in total. The minimum absolute atomic E-state index is 0.0739. The number of alkyl halides is 3. The highest BCUT2D eigenvalue weighted by Crippen LogP contribution is 2.30. The maximum atomic E-state index is 13.7. The number of halogens is 4. The van der Waals surface area contributed by atoms with Gasteiger partial charge in [0.1, 0.15) is 5.82 Å². The summed E-state index contributed by atoms with van der Waals surface area (Å²) < 4.78 is 53.3. The number of amides is 1. The van der Waals surface area contributed by atoms with Crippen LogP contribution in [0.4, 0.5) is 17.6 Å². The van der Waals surface area contributed by atoms with E-state index in [1.54, 1.807) is 0 Å². The molecule has 176 valence electrons. The molecule has 3 aromatic rings. The zero-order valence-electron chi connectivity index (χ0n) is 18.3. The van der Waals surface area contributed by atoms with Gasteiger partial charge in [-0.05, 0) is 48.4 Å². The minimum Gasteiger partial charge on any atom is -0.390 e. The summed E-state index contributed by atoms with van der Waals surface area (Å²) in [5.41, 5.74) is 2.33. The second-order valence-corrected chi connectivity index (χ2v) is 8.23. The summed E-state index contributed by atoms with van der Waals surface area (Å²) in [4.78, 5) is 20.1. The van der Waals surface area contributed by atoms with Crippen LogP contribution in [-0.2, 0) is 17.6 Å². The number of carbonyl (C=O) groups is 1. The van der Waals surface area contributed by atoms with Crippen LogP contribution in [-0.4, -0.2) is 29.2 Å². The molecule has 3 aromatic carbocycles. The van der Waals surface area contributed by atoms with Crippen molar-refractivity contribution in [2.45, 2.75) is 32.2 Å². The Labute approximate surface area is 194 Å². The van der Waals surface area contributed by atoms with E-state index >= 15 is 0 Å². The predicted molar refractivity (Wildman–Crippen MR) is 120 cm³/mol. The number of hydrogen-bond donors (Lipinski definition) is 0. The third kappa shape index (κ3) is 5.62. The van der Waals surface area contributed by atoms with Gasteiger partial charge in [-0.2, -0.15) is 13.2 Å². The van der Waals surface area contributed by atoms with Crippen LogP contribution in [0.5, 0.6) is 0 Å². The number of hydrogen-bond acceptors (Lipinski definition) is 3. The summed E-state index contributed by atoms with van der Waals surface area (Å²) in [6.07, 6.45) is -4.56. The fourth-order valence-electron chi connectivity index (χ4n) is 3.78. The van der Waals surface area contributed by atoms with E-state index in [1.807, 2.05) is 31.2 Å². The van der Waals surface area contributed by atoms with Crippen LogP contribution in [0, 0.1) is 12.7 Å². The molecule has 8 heteroatoms. The average molecular weight is 470 g/mol. The van der Waals surface area contributed by atoms with Crippen LogP contribution in [0.2, 0.25) is 0 Å². The van der Waals surface area contributed by atoms with Crippen molar-refractivity contribution in [2.75, 3.05) is 6.54 Å². The van der Waals surface area contributed by atoms with Gasteiger partial charge in [0.2, 0.25) is 0 Å². The topological polar surface area (TPSA) is 41.9 Å². The summed E-state index contributed by atoms with van der Waals surface area (Å²) >= 11 is 0. The Kier molecular flexibility index (Phi) is 6.68. The molecule has 0 aliphatic carbocycles. The highest BCUT2D eigenvalue weighted by atomic mass is 19.4. The molecule has 0 saturated heterocycles. The molecule has 0 radical (unpaired) electrons. The number of oxime groups is 1. The van der Waals surface area contributed by atoms with Gasteiger partial charge in [-0.25, -0.2) is 4.39 Å². The van der Waals surface area contributed by atoms with Gasteiger partial charge >= 0.3 is 6.18 Å². The first-order chi connectivity index (χ1) is 16.2. The van der Waals surface area contributed by atoms with Crippen LogP contribution in [0.3, 0.4) is 0 Å². The third-order valence-corrected chi connectivity index (χ3v) is 5.53. The highest BCUT2D eigenvalue weighted by Gasteiger charge is 2.31. The van der Waals surface area contributed by atoms with Crippen LogP contribution in [0.1, 0.15) is 39.0 Å². The van der Waals surface area contributed by atoms with E-state index in [2.05, 4.69) is 5.16 Å². The lowest BCUT2D eigenvalue weighted by Gasteiger charge is -2.25. The molecular formula is C26H22F4N2O2. The summed E-state index contributed by atoms with van der Waals surface area (Å²) in [5.74, 6) is -1.09. The summed E-state index contributed by atoms with van der Waals surface area (Å²) in [7, 11) is 0. The van der Waals surface area contributed by atoms with Crippen molar-refractivity contribution in [1.29, 1.82) is 0 Å². The lowest BCUT2D eigenvalue weighted by atomic mass is 10.0. The van der Waals surface area contributed by atoms with Crippen LogP contribution < -0.4 is 0 Å². The first-order valence-corrected chi connectivity index (χ1v) is 10.7. The van der Waals surface area contributed by atoms with Gasteiger partial charge in [0.25, 0.3) is 5.91 Å². The molecule has 1 unspecified atom stereocenters. The van der Waals surface area contributed by atoms with E-state index in [0.29, 0.717) is 12.0 Å². The van der Waals surface area contributed by atoms with Gasteiger partial charge < -0.3 is 9.74 Å². The zero-order valence-corrected chi connectivity index (χ0v) is 18.3. The van der Waals surface area contributed by atoms with Gasteiger partial charge in [-0.1, -0.05) is 53.2 Å². The Hall–Kier alpha value is -3.68. The zero-order chi connectivity index (χ0) is 24.3. The number of nitrogens with zero attached hydrogens (tertiary/aromatic N) is 2. The van der Waals surface area contributed by atoms with E-state index in [0.717, 1.165) is 35.0 Å². The van der Waals surface area contributed by atoms with E-state index < -0.39 is 29.6 Å². The maximum absolute atomic E-state index is 13.7. The molecule has 0 aromatic heterocycles. The Balaban J connectivity index is 1.55. The highest BCUT2D eigenvalue weighted by molar-refractivity contribution is 6.01. The quantitative estimate of drug-likeness (QED) is 0.416. The second-order valence-electron chi connectivity index (χ2n) is 8.23. The SMILES string of the molecule is Cc1ccc(C2=NOC(CN(Cc3cccc(C(F)(F)F)c3)C(=O)c3cccc(F)c3)C2)cc1.